The third-order valence-electron chi connectivity index (χ3n) is 6.62. The highest BCUT2D eigenvalue weighted by Crippen LogP contribution is 2.65. The van der Waals surface area contributed by atoms with Gasteiger partial charge in [0.1, 0.15) is 0 Å². The lowest BCUT2D eigenvalue weighted by molar-refractivity contribution is 0.116. The van der Waals surface area contributed by atoms with E-state index in [0.717, 1.165) is 10.9 Å². The number of rotatable bonds is 3. The SMILES string of the molecule is CC(NC1CC2CCC1(C)C2(C)C)c1ccc(Cl)cc1. The number of benzene rings is 1. The van der Waals surface area contributed by atoms with Crippen LogP contribution in [-0.4, -0.2) is 6.04 Å². The standard InChI is InChI=1S/C18H26ClN/c1-12(13-5-7-15(19)8-6-13)20-16-11-14-9-10-18(16,4)17(14,2)3/h5-8,12,14,16,20H,9-11H2,1-4H3. The summed E-state index contributed by atoms with van der Waals surface area (Å²) in [6, 6.07) is 9.29. The fourth-order valence-corrected chi connectivity index (χ4v) is 4.73. The summed E-state index contributed by atoms with van der Waals surface area (Å²) in [5.41, 5.74) is 2.25. The van der Waals surface area contributed by atoms with Gasteiger partial charge in [0.2, 0.25) is 0 Å². The molecule has 0 radical (unpaired) electrons. The molecule has 1 N–H and O–H groups in total. The molecule has 3 rings (SSSR count). The highest BCUT2D eigenvalue weighted by molar-refractivity contribution is 6.30. The fraction of sp³-hybridized carbons (Fsp3) is 0.667. The molecule has 4 atom stereocenters. The third kappa shape index (κ3) is 2.02. The average Bonchev–Trinajstić information content (AvgIpc) is 2.72. The van der Waals surface area contributed by atoms with Gasteiger partial charge in [-0.15, -0.1) is 0 Å². The Morgan fingerprint density at radius 2 is 1.85 bits per heavy atom. The molecule has 2 aliphatic carbocycles. The minimum atomic E-state index is 0.393. The maximum Gasteiger partial charge on any atom is 0.0406 e. The second kappa shape index (κ2) is 4.74. The van der Waals surface area contributed by atoms with Crippen LogP contribution >= 0.6 is 11.6 Å². The maximum absolute atomic E-state index is 5.98. The van der Waals surface area contributed by atoms with E-state index in [1.807, 2.05) is 12.1 Å². The van der Waals surface area contributed by atoms with Crippen molar-refractivity contribution in [1.82, 2.24) is 5.32 Å². The van der Waals surface area contributed by atoms with E-state index in [2.05, 4.69) is 45.1 Å². The molecular weight excluding hydrogens is 266 g/mol. The number of hydrogen-bond acceptors (Lipinski definition) is 1. The molecule has 0 saturated heterocycles. The first-order chi connectivity index (χ1) is 9.34. The van der Waals surface area contributed by atoms with Gasteiger partial charge in [-0.05, 0) is 60.6 Å². The minimum Gasteiger partial charge on any atom is -0.307 e. The van der Waals surface area contributed by atoms with Gasteiger partial charge in [-0.25, -0.2) is 0 Å². The van der Waals surface area contributed by atoms with Gasteiger partial charge in [-0.2, -0.15) is 0 Å². The smallest absolute Gasteiger partial charge is 0.0406 e. The van der Waals surface area contributed by atoms with Crippen LogP contribution in [0.1, 0.15) is 58.6 Å². The molecule has 2 aliphatic rings. The molecule has 4 unspecified atom stereocenters. The Balaban J connectivity index is 1.75. The van der Waals surface area contributed by atoms with Crippen molar-refractivity contribution in [2.45, 2.75) is 59.0 Å². The van der Waals surface area contributed by atoms with Crippen LogP contribution in [0.3, 0.4) is 0 Å². The number of fused-ring (bicyclic) bond motifs is 2. The lowest BCUT2D eigenvalue weighted by Crippen LogP contribution is -2.45. The van der Waals surface area contributed by atoms with Crippen LogP contribution in [0.5, 0.6) is 0 Å². The normalized spacial score (nSPS) is 36.2. The summed E-state index contributed by atoms with van der Waals surface area (Å²) in [5, 5.41) is 4.71. The predicted molar refractivity (Wildman–Crippen MR) is 86.0 cm³/mol. The molecular formula is C18H26ClN. The number of nitrogens with one attached hydrogen (secondary N) is 1. The molecule has 20 heavy (non-hydrogen) atoms. The van der Waals surface area contributed by atoms with Crippen molar-refractivity contribution in [2.24, 2.45) is 16.7 Å². The summed E-state index contributed by atoms with van der Waals surface area (Å²) >= 11 is 5.98. The zero-order valence-electron chi connectivity index (χ0n) is 13.0. The van der Waals surface area contributed by atoms with E-state index in [9.17, 15) is 0 Å². The van der Waals surface area contributed by atoms with E-state index in [0.29, 0.717) is 22.9 Å². The van der Waals surface area contributed by atoms with Gasteiger partial charge in [-0.3, -0.25) is 0 Å². The maximum atomic E-state index is 5.98. The Labute approximate surface area is 128 Å². The largest absolute Gasteiger partial charge is 0.307 e. The van der Waals surface area contributed by atoms with Gasteiger partial charge in [0, 0.05) is 17.1 Å². The molecule has 1 aromatic carbocycles. The van der Waals surface area contributed by atoms with Crippen LogP contribution in [0.4, 0.5) is 0 Å². The Morgan fingerprint density at radius 3 is 2.35 bits per heavy atom. The summed E-state index contributed by atoms with van der Waals surface area (Å²) in [5.74, 6) is 0.891. The summed E-state index contributed by atoms with van der Waals surface area (Å²) in [6.07, 6.45) is 4.12. The van der Waals surface area contributed by atoms with Crippen LogP contribution in [0, 0.1) is 16.7 Å². The van der Waals surface area contributed by atoms with E-state index in [4.69, 9.17) is 11.6 Å². The molecule has 110 valence electrons. The molecule has 0 aliphatic heterocycles. The molecule has 0 aromatic heterocycles. The van der Waals surface area contributed by atoms with Crippen molar-refractivity contribution in [2.75, 3.05) is 0 Å². The van der Waals surface area contributed by atoms with Gasteiger partial charge in [-0.1, -0.05) is 44.5 Å². The van der Waals surface area contributed by atoms with Crippen LogP contribution in [-0.2, 0) is 0 Å². The van der Waals surface area contributed by atoms with Crippen LogP contribution in [0.2, 0.25) is 5.02 Å². The summed E-state index contributed by atoms with van der Waals surface area (Å²) in [4.78, 5) is 0. The van der Waals surface area contributed by atoms with Gasteiger partial charge < -0.3 is 5.32 Å². The number of hydrogen-bond donors (Lipinski definition) is 1. The van der Waals surface area contributed by atoms with Crippen molar-refractivity contribution in [1.29, 1.82) is 0 Å². The van der Waals surface area contributed by atoms with E-state index in [1.165, 1.54) is 24.8 Å². The quantitative estimate of drug-likeness (QED) is 0.806. The zero-order valence-corrected chi connectivity index (χ0v) is 13.8. The second-order valence-electron chi connectivity index (χ2n) is 7.60. The highest BCUT2D eigenvalue weighted by Gasteiger charge is 2.61. The van der Waals surface area contributed by atoms with Crippen molar-refractivity contribution >= 4 is 11.6 Å². The van der Waals surface area contributed by atoms with Gasteiger partial charge >= 0.3 is 0 Å². The molecule has 0 amide bonds. The number of halogens is 1. The highest BCUT2D eigenvalue weighted by atomic mass is 35.5. The first-order valence-electron chi connectivity index (χ1n) is 7.86. The van der Waals surface area contributed by atoms with E-state index < -0.39 is 0 Å². The Bertz CT molecular complexity index is 493. The minimum absolute atomic E-state index is 0.393. The molecule has 2 saturated carbocycles. The van der Waals surface area contributed by atoms with Crippen molar-refractivity contribution in [3.8, 4) is 0 Å². The zero-order chi connectivity index (χ0) is 14.5. The molecule has 0 spiro atoms. The molecule has 1 nitrogen and oxygen atoms in total. The molecule has 0 heterocycles. The average molecular weight is 292 g/mol. The lowest BCUT2D eigenvalue weighted by Gasteiger charge is -2.40. The second-order valence-corrected chi connectivity index (χ2v) is 8.04. The van der Waals surface area contributed by atoms with Gasteiger partial charge in [0.15, 0.2) is 0 Å². The predicted octanol–water partition coefficient (Wildman–Crippen LogP) is 5.21. The summed E-state index contributed by atoms with van der Waals surface area (Å²) in [7, 11) is 0. The van der Waals surface area contributed by atoms with Crippen molar-refractivity contribution in [3.63, 3.8) is 0 Å². The van der Waals surface area contributed by atoms with Gasteiger partial charge in [0.05, 0.1) is 0 Å². The third-order valence-corrected chi connectivity index (χ3v) is 6.87. The topological polar surface area (TPSA) is 12.0 Å². The Morgan fingerprint density at radius 1 is 1.20 bits per heavy atom. The van der Waals surface area contributed by atoms with E-state index >= 15 is 0 Å². The molecule has 2 bridgehead atoms. The molecule has 2 fully saturated rings. The van der Waals surface area contributed by atoms with E-state index in [-0.39, 0.29) is 0 Å². The Hall–Kier alpha value is -0.530. The Kier molecular flexibility index (Phi) is 3.42. The van der Waals surface area contributed by atoms with Crippen LogP contribution in [0.25, 0.3) is 0 Å². The van der Waals surface area contributed by atoms with Crippen molar-refractivity contribution in [3.05, 3.63) is 34.9 Å². The van der Waals surface area contributed by atoms with E-state index in [1.54, 1.807) is 0 Å². The van der Waals surface area contributed by atoms with Crippen molar-refractivity contribution < 1.29 is 0 Å². The monoisotopic (exact) mass is 291 g/mol. The van der Waals surface area contributed by atoms with Gasteiger partial charge in [0.25, 0.3) is 0 Å². The molecule has 2 heteroatoms. The first kappa shape index (κ1) is 14.4. The van der Waals surface area contributed by atoms with Crippen LogP contribution in [0.15, 0.2) is 24.3 Å². The lowest BCUT2D eigenvalue weighted by atomic mass is 9.69. The first-order valence-corrected chi connectivity index (χ1v) is 8.24. The van der Waals surface area contributed by atoms with Crippen LogP contribution < -0.4 is 5.32 Å². The fourth-order valence-electron chi connectivity index (χ4n) is 4.61. The summed E-state index contributed by atoms with van der Waals surface area (Å²) < 4.78 is 0. The molecule has 1 aromatic rings. The summed E-state index contributed by atoms with van der Waals surface area (Å²) in [6.45, 7) is 9.70.